The summed E-state index contributed by atoms with van der Waals surface area (Å²) >= 11 is 0. The molecule has 0 aromatic rings. The van der Waals surface area contributed by atoms with Crippen molar-refractivity contribution in [1.82, 2.24) is 9.80 Å². The van der Waals surface area contributed by atoms with Gasteiger partial charge < -0.3 is 14.4 Å². The van der Waals surface area contributed by atoms with Crippen molar-refractivity contribution in [2.45, 2.75) is 39.2 Å². The summed E-state index contributed by atoms with van der Waals surface area (Å²) < 4.78 is 24.6. The van der Waals surface area contributed by atoms with E-state index in [0.29, 0.717) is 6.61 Å². The maximum atomic E-state index is 14.2. The van der Waals surface area contributed by atoms with Crippen molar-refractivity contribution in [3.8, 4) is 0 Å². The van der Waals surface area contributed by atoms with Crippen LogP contribution in [0.5, 0.6) is 0 Å². The summed E-state index contributed by atoms with van der Waals surface area (Å²) in [6, 6.07) is 0.842. The van der Waals surface area contributed by atoms with Crippen molar-refractivity contribution in [2.75, 3.05) is 45.9 Å². The first-order valence-corrected chi connectivity index (χ1v) is 9.52. The molecule has 146 valence electrons. The number of carbonyl (C=O) groups is 1. The fourth-order valence-corrected chi connectivity index (χ4v) is 3.05. The molecule has 1 saturated heterocycles. The molecule has 6 heteroatoms. The third-order valence-electron chi connectivity index (χ3n) is 4.71. The van der Waals surface area contributed by atoms with Crippen LogP contribution in [0.2, 0.25) is 0 Å². The predicted molar refractivity (Wildman–Crippen MR) is 100 cm³/mol. The smallest absolute Gasteiger partial charge is 0.333 e. The Hall–Kier alpha value is -1.66. The molecular weight excluding hydrogens is 335 g/mol. The summed E-state index contributed by atoms with van der Waals surface area (Å²) in [5, 5.41) is 0. The van der Waals surface area contributed by atoms with E-state index in [-0.39, 0.29) is 17.9 Å². The molecule has 0 aromatic heterocycles. The zero-order chi connectivity index (χ0) is 18.9. The first-order chi connectivity index (χ1) is 12.5. The van der Waals surface area contributed by atoms with Gasteiger partial charge in [-0.15, -0.1) is 0 Å². The third kappa shape index (κ3) is 6.57. The summed E-state index contributed by atoms with van der Waals surface area (Å²) in [6.07, 6.45) is 6.01. The van der Waals surface area contributed by atoms with E-state index in [2.05, 4.69) is 16.4 Å². The summed E-state index contributed by atoms with van der Waals surface area (Å²) in [4.78, 5) is 16.6. The molecule has 0 N–H and O–H groups in total. The standard InChI is InChI=1S/C20H31FN2O3/c1-4-19(18(21)15-16(3)20(24)25-5-2)26-14-6-9-22-10-12-23(13-11-22)17-7-8-17/h4,15,17H,1,5-14H2,2-3H3/b16-15+,19-18-. The lowest BCUT2D eigenvalue weighted by Gasteiger charge is -2.34. The van der Waals surface area contributed by atoms with E-state index in [1.54, 1.807) is 6.92 Å². The maximum absolute atomic E-state index is 14.2. The van der Waals surface area contributed by atoms with Crippen LogP contribution in [0, 0.1) is 0 Å². The average molecular weight is 366 g/mol. The number of halogens is 1. The van der Waals surface area contributed by atoms with Gasteiger partial charge in [0.05, 0.1) is 13.2 Å². The second-order valence-electron chi connectivity index (χ2n) is 6.77. The third-order valence-corrected chi connectivity index (χ3v) is 4.71. The van der Waals surface area contributed by atoms with Gasteiger partial charge in [-0.3, -0.25) is 4.90 Å². The average Bonchev–Trinajstić information content (AvgIpc) is 3.47. The van der Waals surface area contributed by atoms with E-state index >= 15 is 0 Å². The van der Waals surface area contributed by atoms with Gasteiger partial charge in [-0.1, -0.05) is 6.58 Å². The summed E-state index contributed by atoms with van der Waals surface area (Å²) in [6.45, 7) is 12.9. The molecule has 2 rings (SSSR count). The topological polar surface area (TPSA) is 42.0 Å². The van der Waals surface area contributed by atoms with Crippen molar-refractivity contribution >= 4 is 5.97 Å². The SMILES string of the molecule is C=C/C(OCCCN1CCN(C2CC2)CC1)=C(F)\C=C(/C)C(=O)OCC. The minimum atomic E-state index is -0.608. The minimum absolute atomic E-state index is 0.0622. The number of allylic oxidation sites excluding steroid dienone is 3. The Labute approximate surface area is 156 Å². The fraction of sp³-hybridized carbons (Fsp3) is 0.650. The van der Waals surface area contributed by atoms with E-state index in [0.717, 1.165) is 51.3 Å². The van der Waals surface area contributed by atoms with E-state index in [9.17, 15) is 9.18 Å². The number of carbonyl (C=O) groups excluding carboxylic acids is 1. The molecule has 1 heterocycles. The van der Waals surface area contributed by atoms with E-state index in [1.807, 2.05) is 0 Å². The van der Waals surface area contributed by atoms with Gasteiger partial charge in [-0.25, -0.2) is 9.18 Å². The van der Waals surface area contributed by atoms with Crippen molar-refractivity contribution in [3.05, 3.63) is 35.9 Å². The molecule has 1 saturated carbocycles. The molecule has 0 amide bonds. The molecule has 2 aliphatic rings. The molecule has 0 bridgehead atoms. The minimum Gasteiger partial charge on any atom is -0.490 e. The highest BCUT2D eigenvalue weighted by molar-refractivity contribution is 5.88. The zero-order valence-corrected chi connectivity index (χ0v) is 16.0. The number of ether oxygens (including phenoxy) is 2. The quantitative estimate of drug-likeness (QED) is 0.195. The number of esters is 1. The fourth-order valence-electron chi connectivity index (χ4n) is 3.05. The van der Waals surface area contributed by atoms with E-state index in [1.165, 1.54) is 25.8 Å². The van der Waals surface area contributed by atoms with Gasteiger partial charge in [0, 0.05) is 44.3 Å². The first kappa shape index (κ1) is 20.6. The summed E-state index contributed by atoms with van der Waals surface area (Å²) in [5.41, 5.74) is 0.195. The zero-order valence-electron chi connectivity index (χ0n) is 16.0. The van der Waals surface area contributed by atoms with Crippen LogP contribution in [0.4, 0.5) is 4.39 Å². The van der Waals surface area contributed by atoms with Crippen LogP contribution in [0.3, 0.4) is 0 Å². The molecule has 0 spiro atoms. The van der Waals surface area contributed by atoms with Gasteiger partial charge in [0.15, 0.2) is 11.6 Å². The molecule has 0 atom stereocenters. The molecule has 0 aromatic carbocycles. The molecule has 0 unspecified atom stereocenters. The van der Waals surface area contributed by atoms with Crippen LogP contribution in [0.15, 0.2) is 35.9 Å². The molecular formula is C20H31FN2O3. The van der Waals surface area contributed by atoms with E-state index < -0.39 is 11.8 Å². The summed E-state index contributed by atoms with van der Waals surface area (Å²) in [7, 11) is 0. The molecule has 5 nitrogen and oxygen atoms in total. The van der Waals surface area contributed by atoms with Crippen LogP contribution in [0.1, 0.15) is 33.1 Å². The molecule has 0 radical (unpaired) electrons. The van der Waals surface area contributed by atoms with Gasteiger partial charge >= 0.3 is 5.97 Å². The predicted octanol–water partition coefficient (Wildman–Crippen LogP) is 3.05. The normalized spacial score (nSPS) is 20.5. The van der Waals surface area contributed by atoms with Crippen LogP contribution in [-0.4, -0.2) is 67.7 Å². The Morgan fingerprint density at radius 1 is 1.23 bits per heavy atom. The first-order valence-electron chi connectivity index (χ1n) is 9.52. The molecule has 26 heavy (non-hydrogen) atoms. The van der Waals surface area contributed by atoms with Crippen LogP contribution < -0.4 is 0 Å². The van der Waals surface area contributed by atoms with Crippen molar-refractivity contribution in [3.63, 3.8) is 0 Å². The lowest BCUT2D eigenvalue weighted by molar-refractivity contribution is -0.138. The summed E-state index contributed by atoms with van der Waals surface area (Å²) in [5.74, 6) is -1.08. The maximum Gasteiger partial charge on any atom is 0.333 e. The van der Waals surface area contributed by atoms with Gasteiger partial charge in [0.2, 0.25) is 0 Å². The Morgan fingerprint density at radius 3 is 2.50 bits per heavy atom. The van der Waals surface area contributed by atoms with Gasteiger partial charge in [0.25, 0.3) is 0 Å². The second kappa shape index (κ2) is 10.5. The lowest BCUT2D eigenvalue weighted by Crippen LogP contribution is -2.47. The van der Waals surface area contributed by atoms with Crippen molar-refractivity contribution in [2.24, 2.45) is 0 Å². The number of rotatable bonds is 10. The monoisotopic (exact) mass is 366 g/mol. The Morgan fingerprint density at radius 2 is 1.92 bits per heavy atom. The number of nitrogens with zero attached hydrogens (tertiary/aromatic N) is 2. The highest BCUT2D eigenvalue weighted by Crippen LogP contribution is 2.27. The molecule has 1 aliphatic heterocycles. The van der Waals surface area contributed by atoms with Crippen LogP contribution in [0.25, 0.3) is 0 Å². The van der Waals surface area contributed by atoms with Crippen molar-refractivity contribution < 1.29 is 18.7 Å². The highest BCUT2D eigenvalue weighted by atomic mass is 19.1. The number of hydrogen-bond acceptors (Lipinski definition) is 5. The highest BCUT2D eigenvalue weighted by Gasteiger charge is 2.30. The Bertz CT molecular complexity index is 547. The van der Waals surface area contributed by atoms with Gasteiger partial charge in [-0.05, 0) is 45.3 Å². The lowest BCUT2D eigenvalue weighted by atomic mass is 10.2. The Kier molecular flexibility index (Phi) is 8.32. The largest absolute Gasteiger partial charge is 0.490 e. The van der Waals surface area contributed by atoms with Gasteiger partial charge in [-0.2, -0.15) is 0 Å². The Balaban J connectivity index is 1.71. The van der Waals surface area contributed by atoms with Crippen LogP contribution >= 0.6 is 0 Å². The van der Waals surface area contributed by atoms with Crippen LogP contribution in [-0.2, 0) is 14.3 Å². The van der Waals surface area contributed by atoms with E-state index in [4.69, 9.17) is 9.47 Å². The van der Waals surface area contributed by atoms with Crippen molar-refractivity contribution in [1.29, 1.82) is 0 Å². The molecule has 2 fully saturated rings. The molecule has 1 aliphatic carbocycles. The number of piperazine rings is 1. The second-order valence-corrected chi connectivity index (χ2v) is 6.77. The van der Waals surface area contributed by atoms with Gasteiger partial charge in [0.1, 0.15) is 0 Å². The number of hydrogen-bond donors (Lipinski definition) is 0.